The number of nitrogens with zero attached hydrogens (tertiary/aromatic N) is 2. The number of hydrogen-bond donors (Lipinski definition) is 2. The van der Waals surface area contributed by atoms with Crippen LogP contribution in [0.3, 0.4) is 0 Å². The van der Waals surface area contributed by atoms with E-state index in [0.29, 0.717) is 11.4 Å². The van der Waals surface area contributed by atoms with E-state index in [1.54, 1.807) is 19.1 Å². The molecule has 0 aromatic carbocycles. The number of aliphatic hydroxyl groups excluding tert-OH is 2. The minimum absolute atomic E-state index is 0.125. The number of alkyl halides is 2. The Morgan fingerprint density at radius 1 is 1.41 bits per heavy atom. The van der Waals surface area contributed by atoms with E-state index < -0.39 is 19.1 Å². The molecule has 0 fully saturated rings. The summed E-state index contributed by atoms with van der Waals surface area (Å²) < 4.78 is 24.6. The molecule has 0 saturated carbocycles. The van der Waals surface area contributed by atoms with Gasteiger partial charge in [-0.15, -0.1) is 0 Å². The topological polar surface area (TPSA) is 56.6 Å². The maximum Gasteiger partial charge on any atom is 0.255 e. The SMILES string of the molecule is C[C@H](O)c1ccc(N(CCO)CC(F)F)cn1. The van der Waals surface area contributed by atoms with Crippen LogP contribution in [0.2, 0.25) is 0 Å². The molecule has 4 nitrogen and oxygen atoms in total. The second-order valence-electron chi connectivity index (χ2n) is 3.68. The van der Waals surface area contributed by atoms with Gasteiger partial charge in [-0.25, -0.2) is 8.78 Å². The highest BCUT2D eigenvalue weighted by molar-refractivity contribution is 5.44. The van der Waals surface area contributed by atoms with Crippen LogP contribution in [0.15, 0.2) is 18.3 Å². The molecule has 2 N–H and O–H groups in total. The van der Waals surface area contributed by atoms with Gasteiger partial charge in [-0.1, -0.05) is 0 Å². The van der Waals surface area contributed by atoms with Crippen LogP contribution in [-0.4, -0.2) is 41.3 Å². The highest BCUT2D eigenvalue weighted by Gasteiger charge is 2.13. The smallest absolute Gasteiger partial charge is 0.255 e. The zero-order valence-electron chi connectivity index (χ0n) is 9.55. The van der Waals surface area contributed by atoms with Crippen LogP contribution in [0.5, 0.6) is 0 Å². The normalized spacial score (nSPS) is 12.8. The van der Waals surface area contributed by atoms with Gasteiger partial charge in [0.05, 0.1) is 36.8 Å². The number of pyridine rings is 1. The van der Waals surface area contributed by atoms with Gasteiger partial charge in [-0.05, 0) is 19.1 Å². The fourth-order valence-electron chi connectivity index (χ4n) is 1.44. The molecule has 0 saturated heterocycles. The summed E-state index contributed by atoms with van der Waals surface area (Å²) in [6.45, 7) is 1.05. The van der Waals surface area contributed by atoms with E-state index in [-0.39, 0.29) is 13.2 Å². The van der Waals surface area contributed by atoms with Crippen molar-refractivity contribution < 1.29 is 19.0 Å². The van der Waals surface area contributed by atoms with Crippen molar-refractivity contribution in [2.75, 3.05) is 24.6 Å². The summed E-state index contributed by atoms with van der Waals surface area (Å²) in [5.41, 5.74) is 0.985. The Kier molecular flexibility index (Phi) is 5.24. The van der Waals surface area contributed by atoms with Gasteiger partial charge in [0.25, 0.3) is 6.43 Å². The van der Waals surface area contributed by atoms with Crippen molar-refractivity contribution in [3.8, 4) is 0 Å². The molecule has 17 heavy (non-hydrogen) atoms. The largest absolute Gasteiger partial charge is 0.395 e. The zero-order valence-corrected chi connectivity index (χ0v) is 9.55. The highest BCUT2D eigenvalue weighted by atomic mass is 19.3. The van der Waals surface area contributed by atoms with Gasteiger partial charge in [0.15, 0.2) is 0 Å². The molecule has 0 aliphatic heterocycles. The molecule has 96 valence electrons. The Morgan fingerprint density at radius 3 is 2.53 bits per heavy atom. The second kappa shape index (κ2) is 6.46. The molecule has 0 bridgehead atoms. The molecule has 1 atom stereocenters. The van der Waals surface area contributed by atoms with Gasteiger partial charge in [-0.3, -0.25) is 4.98 Å². The van der Waals surface area contributed by atoms with E-state index >= 15 is 0 Å². The molecule has 1 heterocycles. The first kappa shape index (κ1) is 13.8. The second-order valence-corrected chi connectivity index (χ2v) is 3.68. The minimum Gasteiger partial charge on any atom is -0.395 e. The predicted octanol–water partition coefficient (Wildman–Crippen LogP) is 1.20. The van der Waals surface area contributed by atoms with Crippen LogP contribution in [0.25, 0.3) is 0 Å². The monoisotopic (exact) mass is 246 g/mol. The highest BCUT2D eigenvalue weighted by Crippen LogP contribution is 2.17. The first-order valence-electron chi connectivity index (χ1n) is 5.32. The Labute approximate surface area is 98.5 Å². The average molecular weight is 246 g/mol. The van der Waals surface area contributed by atoms with Crippen LogP contribution in [-0.2, 0) is 0 Å². The van der Waals surface area contributed by atoms with E-state index in [4.69, 9.17) is 5.11 Å². The van der Waals surface area contributed by atoms with Crippen molar-refractivity contribution in [2.45, 2.75) is 19.5 Å². The molecule has 1 rings (SSSR count). The minimum atomic E-state index is -2.47. The maximum atomic E-state index is 12.3. The summed E-state index contributed by atoms with van der Waals surface area (Å²) in [5, 5.41) is 18.1. The molecule has 0 spiro atoms. The van der Waals surface area contributed by atoms with E-state index in [1.165, 1.54) is 11.1 Å². The summed E-state index contributed by atoms with van der Waals surface area (Å²) in [7, 11) is 0. The van der Waals surface area contributed by atoms with Crippen LogP contribution < -0.4 is 4.90 Å². The van der Waals surface area contributed by atoms with E-state index in [0.717, 1.165) is 0 Å². The Morgan fingerprint density at radius 2 is 2.12 bits per heavy atom. The number of rotatable bonds is 6. The number of halogens is 2. The maximum absolute atomic E-state index is 12.3. The number of aliphatic hydroxyl groups is 2. The van der Waals surface area contributed by atoms with E-state index in [1.807, 2.05) is 0 Å². The standard InChI is InChI=1S/C11H16F2N2O2/c1-8(17)10-3-2-9(6-14-10)15(4-5-16)7-11(12)13/h2-3,6,8,11,16-17H,4-5,7H2,1H3/t8-/m0/s1. The molecule has 0 unspecified atom stereocenters. The van der Waals surface area contributed by atoms with Gasteiger partial charge in [0.2, 0.25) is 0 Å². The molecular weight excluding hydrogens is 230 g/mol. The molecule has 6 heteroatoms. The first-order chi connectivity index (χ1) is 8.04. The van der Waals surface area contributed by atoms with Crippen molar-refractivity contribution in [3.05, 3.63) is 24.0 Å². The third-order valence-corrected chi connectivity index (χ3v) is 2.29. The fourth-order valence-corrected chi connectivity index (χ4v) is 1.44. The Balaban J connectivity index is 2.79. The molecule has 0 radical (unpaired) electrons. The van der Waals surface area contributed by atoms with Crippen molar-refractivity contribution in [1.29, 1.82) is 0 Å². The molecule has 0 aliphatic carbocycles. The summed E-state index contributed by atoms with van der Waals surface area (Å²) in [6, 6.07) is 3.18. The van der Waals surface area contributed by atoms with Gasteiger partial charge in [0, 0.05) is 6.54 Å². The quantitative estimate of drug-likeness (QED) is 0.792. The lowest BCUT2D eigenvalue weighted by Gasteiger charge is -2.23. The van der Waals surface area contributed by atoms with Gasteiger partial charge >= 0.3 is 0 Å². The average Bonchev–Trinajstić information content (AvgIpc) is 2.28. The lowest BCUT2D eigenvalue weighted by molar-refractivity contribution is 0.152. The predicted molar refractivity (Wildman–Crippen MR) is 60.2 cm³/mol. The molecular formula is C11H16F2N2O2. The third kappa shape index (κ3) is 4.24. The summed E-state index contributed by atoms with van der Waals surface area (Å²) in [4.78, 5) is 5.32. The van der Waals surface area contributed by atoms with Crippen molar-refractivity contribution in [1.82, 2.24) is 4.98 Å². The molecule has 0 aliphatic rings. The van der Waals surface area contributed by atoms with Crippen LogP contribution in [0.4, 0.5) is 14.5 Å². The first-order valence-corrected chi connectivity index (χ1v) is 5.32. The number of aromatic nitrogens is 1. The van der Waals surface area contributed by atoms with Crippen molar-refractivity contribution in [2.24, 2.45) is 0 Å². The van der Waals surface area contributed by atoms with Gasteiger partial charge in [-0.2, -0.15) is 0 Å². The van der Waals surface area contributed by atoms with Crippen molar-refractivity contribution >= 4 is 5.69 Å². The zero-order chi connectivity index (χ0) is 12.8. The number of anilines is 1. The molecule has 0 amide bonds. The van der Waals surface area contributed by atoms with Crippen LogP contribution in [0, 0.1) is 0 Å². The molecule has 1 aromatic rings. The van der Waals surface area contributed by atoms with Crippen molar-refractivity contribution in [3.63, 3.8) is 0 Å². The third-order valence-electron chi connectivity index (χ3n) is 2.29. The summed E-state index contributed by atoms with van der Waals surface area (Å²) >= 11 is 0. The Bertz CT molecular complexity index is 331. The lowest BCUT2D eigenvalue weighted by Crippen LogP contribution is -2.31. The summed E-state index contributed by atoms with van der Waals surface area (Å²) in [6.07, 6.45) is -1.75. The molecule has 1 aromatic heterocycles. The van der Waals surface area contributed by atoms with Crippen LogP contribution in [0.1, 0.15) is 18.7 Å². The lowest BCUT2D eigenvalue weighted by atomic mass is 10.2. The van der Waals surface area contributed by atoms with Crippen LogP contribution >= 0.6 is 0 Å². The summed E-state index contributed by atoms with van der Waals surface area (Å²) in [5.74, 6) is 0. The fraction of sp³-hybridized carbons (Fsp3) is 0.545. The number of hydrogen-bond acceptors (Lipinski definition) is 4. The van der Waals surface area contributed by atoms with E-state index in [2.05, 4.69) is 4.98 Å². The Hall–Kier alpha value is -1.27. The van der Waals surface area contributed by atoms with Gasteiger partial charge < -0.3 is 15.1 Å². The van der Waals surface area contributed by atoms with Gasteiger partial charge in [0.1, 0.15) is 0 Å². The van der Waals surface area contributed by atoms with E-state index in [9.17, 15) is 13.9 Å².